The lowest BCUT2D eigenvalue weighted by Crippen LogP contribution is -2.38. The molecule has 1 aliphatic rings. The van der Waals surface area contributed by atoms with Crippen LogP contribution in [-0.4, -0.2) is 81.3 Å². The molecule has 0 aromatic carbocycles. The summed E-state index contributed by atoms with van der Waals surface area (Å²) in [6.07, 6.45) is -1.12. The van der Waals surface area contributed by atoms with E-state index >= 15 is 0 Å². The average molecular weight is 441 g/mol. The van der Waals surface area contributed by atoms with Gasteiger partial charge in [-0.3, -0.25) is 15.1 Å². The second-order valence-electron chi connectivity index (χ2n) is 5.98. The molecule has 0 radical (unpaired) electrons. The fourth-order valence-electron chi connectivity index (χ4n) is 2.14. The van der Waals surface area contributed by atoms with Gasteiger partial charge in [0, 0.05) is 11.9 Å². The molecule has 27 heavy (non-hydrogen) atoms. The van der Waals surface area contributed by atoms with E-state index in [1.54, 1.807) is 0 Å². The number of aromatic nitrogens is 1. The molecular weight excluding hydrogens is 420 g/mol. The van der Waals surface area contributed by atoms with Gasteiger partial charge in [-0.05, 0) is 14.1 Å². The fraction of sp³-hybridized carbons (Fsp3) is 0.583. The number of nitrogens with one attached hydrogen (secondary N) is 2. The van der Waals surface area contributed by atoms with Crippen LogP contribution in [-0.2, 0) is 26.6 Å². The largest absolute Gasteiger partial charge is 0.467 e. The maximum absolute atomic E-state index is 11.8. The van der Waals surface area contributed by atoms with Gasteiger partial charge in [0.05, 0.1) is 12.2 Å². The molecule has 1 aliphatic heterocycles. The van der Waals surface area contributed by atoms with E-state index in [4.69, 9.17) is 15.3 Å². The van der Waals surface area contributed by atoms with Gasteiger partial charge in [-0.15, -0.1) is 0 Å². The molecule has 0 bridgehead atoms. The third kappa shape index (κ3) is 5.66. The summed E-state index contributed by atoms with van der Waals surface area (Å²) in [6, 6.07) is 0. The first kappa shape index (κ1) is 21.6. The fourth-order valence-corrected chi connectivity index (χ4v) is 5.78. The zero-order valence-corrected chi connectivity index (χ0v) is 16.9. The van der Waals surface area contributed by atoms with Gasteiger partial charge in [0.25, 0.3) is 15.2 Å². The molecule has 1 aromatic heterocycles. The van der Waals surface area contributed by atoms with E-state index in [1.807, 2.05) is 29.1 Å². The number of aliphatic hydroxyl groups excluding tert-OH is 1. The van der Waals surface area contributed by atoms with Crippen LogP contribution in [0.5, 0.6) is 5.19 Å². The van der Waals surface area contributed by atoms with Crippen molar-refractivity contribution in [2.24, 2.45) is 10.1 Å². The molecule has 2 atom stereocenters. The van der Waals surface area contributed by atoms with Gasteiger partial charge in [-0.1, -0.05) is 11.3 Å². The number of thiazole rings is 1. The number of primary sulfonamides is 1. The Morgan fingerprint density at radius 1 is 1.56 bits per heavy atom. The summed E-state index contributed by atoms with van der Waals surface area (Å²) in [4.78, 5) is 9.92. The van der Waals surface area contributed by atoms with Gasteiger partial charge in [0.2, 0.25) is 14.6 Å². The summed E-state index contributed by atoms with van der Waals surface area (Å²) in [6.45, 7) is 0.168. The Morgan fingerprint density at radius 2 is 2.22 bits per heavy atom. The molecule has 152 valence electrons. The maximum Gasteiger partial charge on any atom is 0.273 e. The van der Waals surface area contributed by atoms with E-state index < -0.39 is 42.3 Å². The minimum Gasteiger partial charge on any atom is -0.467 e. The Morgan fingerprint density at radius 3 is 2.78 bits per heavy atom. The van der Waals surface area contributed by atoms with E-state index in [0.29, 0.717) is 11.7 Å². The van der Waals surface area contributed by atoms with Crippen LogP contribution < -0.4 is 14.6 Å². The summed E-state index contributed by atoms with van der Waals surface area (Å²) in [5, 5.41) is 24.6. The molecule has 0 saturated carbocycles. The Labute approximate surface area is 160 Å². The number of rotatable bonds is 8. The number of sulfonamides is 2. The number of amidine groups is 1. The Balaban J connectivity index is 1.94. The molecule has 2 unspecified atom stereocenters. The monoisotopic (exact) mass is 440 g/mol. The number of ether oxygens (including phenoxy) is 1. The van der Waals surface area contributed by atoms with Crippen LogP contribution in [0.1, 0.15) is 5.69 Å². The smallest absolute Gasteiger partial charge is 0.273 e. The molecule has 15 heteroatoms. The first-order valence-electron chi connectivity index (χ1n) is 7.46. The predicted octanol–water partition coefficient (Wildman–Crippen LogP) is -2.09. The quantitative estimate of drug-likeness (QED) is 0.354. The van der Waals surface area contributed by atoms with Crippen molar-refractivity contribution in [3.05, 3.63) is 11.1 Å². The maximum atomic E-state index is 11.8. The number of hydrogen-bond donors (Lipinski definition) is 4. The van der Waals surface area contributed by atoms with Gasteiger partial charge in [-0.2, -0.15) is 0 Å². The minimum absolute atomic E-state index is 0.162. The molecule has 2 heterocycles. The van der Waals surface area contributed by atoms with Gasteiger partial charge < -0.3 is 14.7 Å². The van der Waals surface area contributed by atoms with Crippen molar-refractivity contribution in [1.82, 2.24) is 14.6 Å². The first-order chi connectivity index (χ1) is 12.4. The topological polar surface area (TPSA) is 188 Å². The molecular formula is C12H20N6O6S3. The van der Waals surface area contributed by atoms with Crippen molar-refractivity contribution in [1.29, 1.82) is 5.41 Å². The molecule has 1 aromatic rings. The lowest BCUT2D eigenvalue weighted by molar-refractivity contribution is 0.114. The average Bonchev–Trinajstić information content (AvgIpc) is 3.03. The molecule has 1 saturated heterocycles. The van der Waals surface area contributed by atoms with Crippen molar-refractivity contribution in [3.8, 4) is 5.19 Å². The van der Waals surface area contributed by atoms with Crippen LogP contribution in [0.25, 0.3) is 0 Å². The summed E-state index contributed by atoms with van der Waals surface area (Å²) >= 11 is 1.27. The number of aliphatic hydroxyl groups is 1. The minimum atomic E-state index is -4.54. The summed E-state index contributed by atoms with van der Waals surface area (Å²) in [5.74, 6) is -0.476. The Kier molecular flexibility index (Phi) is 6.54. The number of nitrogens with zero attached hydrogens (tertiary/aromatic N) is 3. The summed E-state index contributed by atoms with van der Waals surface area (Å²) < 4.78 is 51.2. The molecule has 0 spiro atoms. The zero-order valence-electron chi connectivity index (χ0n) is 14.5. The highest BCUT2D eigenvalue weighted by atomic mass is 32.3. The Hall–Kier alpha value is -1.65. The van der Waals surface area contributed by atoms with E-state index in [2.05, 4.69) is 9.98 Å². The zero-order chi connectivity index (χ0) is 20.4. The van der Waals surface area contributed by atoms with Crippen LogP contribution in [0, 0.1) is 5.41 Å². The van der Waals surface area contributed by atoms with Crippen molar-refractivity contribution in [2.75, 3.05) is 27.2 Å². The first-order valence-corrected chi connectivity index (χ1v) is 11.5. The molecule has 2 rings (SSSR count). The second-order valence-corrected chi connectivity index (χ2v) is 10.5. The number of aliphatic imine (C=N–C) groups is 1. The van der Waals surface area contributed by atoms with Crippen molar-refractivity contribution in [3.63, 3.8) is 0 Å². The van der Waals surface area contributed by atoms with Gasteiger partial charge in [0.1, 0.15) is 18.4 Å². The molecule has 12 nitrogen and oxygen atoms in total. The second kappa shape index (κ2) is 8.15. The highest BCUT2D eigenvalue weighted by Gasteiger charge is 2.48. The molecule has 0 aliphatic carbocycles. The van der Waals surface area contributed by atoms with Gasteiger partial charge in [0.15, 0.2) is 5.84 Å². The lowest BCUT2D eigenvalue weighted by Gasteiger charge is -2.08. The molecule has 0 amide bonds. The van der Waals surface area contributed by atoms with Crippen LogP contribution >= 0.6 is 11.3 Å². The van der Waals surface area contributed by atoms with E-state index in [9.17, 15) is 21.9 Å². The third-order valence-electron chi connectivity index (χ3n) is 3.18. The summed E-state index contributed by atoms with van der Waals surface area (Å²) in [5.41, 5.74) is 0.0245. The standard InChI is InChI=1S/C12H20N6O6S3/c1-18(2)4-7-6-25-12(16-7)24-5-8(19)3-15-10-9(13)11(26(14,20)21)27(22,23)17-10/h6,8,11,13,19H,3-5H2,1-2H3,(H,15,17)(H2,14,20,21). The lowest BCUT2D eigenvalue weighted by atomic mass is 10.3. The molecule has 5 N–H and O–H groups in total. The van der Waals surface area contributed by atoms with Crippen LogP contribution in [0.2, 0.25) is 0 Å². The SMILES string of the molecule is CN(C)Cc1csc(OCC(O)CN=C2NS(=O)(=O)C(S(N)(=O)=O)C2=N)n1. The van der Waals surface area contributed by atoms with Crippen molar-refractivity contribution in [2.45, 2.75) is 17.2 Å². The van der Waals surface area contributed by atoms with Crippen LogP contribution in [0.15, 0.2) is 10.4 Å². The summed E-state index contributed by atoms with van der Waals surface area (Å²) in [7, 11) is -5.13. The van der Waals surface area contributed by atoms with E-state index in [-0.39, 0.29) is 13.2 Å². The van der Waals surface area contributed by atoms with E-state index in [0.717, 1.165) is 5.69 Å². The van der Waals surface area contributed by atoms with Gasteiger partial charge in [-0.25, -0.2) is 27.0 Å². The van der Waals surface area contributed by atoms with Crippen molar-refractivity contribution >= 4 is 42.9 Å². The van der Waals surface area contributed by atoms with Crippen LogP contribution in [0.4, 0.5) is 0 Å². The highest BCUT2D eigenvalue weighted by molar-refractivity contribution is 8.09. The Bertz CT molecular complexity index is 939. The van der Waals surface area contributed by atoms with E-state index in [1.165, 1.54) is 11.3 Å². The van der Waals surface area contributed by atoms with Gasteiger partial charge >= 0.3 is 0 Å². The normalized spacial score (nSPS) is 22.2. The predicted molar refractivity (Wildman–Crippen MR) is 100.0 cm³/mol. The number of nitrogens with two attached hydrogens (primary N) is 1. The van der Waals surface area contributed by atoms with Crippen LogP contribution in [0.3, 0.4) is 0 Å². The third-order valence-corrected chi connectivity index (χ3v) is 7.65. The van der Waals surface area contributed by atoms with Crippen molar-refractivity contribution < 1.29 is 26.7 Å². The highest BCUT2D eigenvalue weighted by Crippen LogP contribution is 2.19. The number of hydrogen-bond acceptors (Lipinski definition) is 11. The molecule has 1 fully saturated rings.